The minimum absolute atomic E-state index is 0.0444. The van der Waals surface area contributed by atoms with Gasteiger partial charge >= 0.3 is 6.09 Å². The molecular formula is C32H34N8O4S. The van der Waals surface area contributed by atoms with Crippen molar-refractivity contribution < 1.29 is 19.1 Å². The molecule has 12 nitrogen and oxygen atoms in total. The van der Waals surface area contributed by atoms with Gasteiger partial charge in [0.15, 0.2) is 11.5 Å². The molecule has 3 N–H and O–H groups in total. The zero-order chi connectivity index (χ0) is 31.0. The molecule has 2 saturated heterocycles. The normalized spacial score (nSPS) is 15.5. The standard InChI is InChI=1S/C32H34N8O4S/c33-30-29(31(41)37-27-20-34-11-10-28(27)38-16-18-43-19-17-38)36-26(21-35-30)24-6-8-25(9-7-24)45-40-14-12-39(13-15-40)32(42)44-22-23-4-2-1-3-5-23/h1-11,20-21H,12-19,22H2,(H2,33,35)(H,37,41). The predicted octanol–water partition coefficient (Wildman–Crippen LogP) is 4.17. The van der Waals surface area contributed by atoms with Crippen LogP contribution in [0.25, 0.3) is 11.3 Å². The second-order valence-corrected chi connectivity index (χ2v) is 11.7. The molecule has 2 aliphatic heterocycles. The number of nitrogens with one attached hydrogen (secondary N) is 1. The number of anilines is 3. The molecule has 0 aliphatic carbocycles. The van der Waals surface area contributed by atoms with Crippen LogP contribution in [0, 0.1) is 0 Å². The molecule has 45 heavy (non-hydrogen) atoms. The second-order valence-electron chi connectivity index (χ2n) is 10.5. The number of benzene rings is 2. The lowest BCUT2D eigenvalue weighted by atomic mass is 10.1. The van der Waals surface area contributed by atoms with Crippen molar-refractivity contribution in [2.75, 3.05) is 68.4 Å². The number of hydrogen-bond donors (Lipinski definition) is 2. The molecule has 13 heteroatoms. The van der Waals surface area contributed by atoms with Gasteiger partial charge in [0.2, 0.25) is 0 Å². The third-order valence-electron chi connectivity index (χ3n) is 7.50. The number of carbonyl (C=O) groups is 2. The van der Waals surface area contributed by atoms with E-state index in [1.165, 1.54) is 0 Å². The van der Waals surface area contributed by atoms with Gasteiger partial charge in [0.25, 0.3) is 5.91 Å². The Labute approximate surface area is 265 Å². The molecular weight excluding hydrogens is 592 g/mol. The van der Waals surface area contributed by atoms with Gasteiger partial charge in [-0.3, -0.25) is 9.78 Å². The summed E-state index contributed by atoms with van der Waals surface area (Å²) in [4.78, 5) is 43.7. The summed E-state index contributed by atoms with van der Waals surface area (Å²) in [6.07, 6.45) is 4.59. The summed E-state index contributed by atoms with van der Waals surface area (Å²) < 4.78 is 13.2. The van der Waals surface area contributed by atoms with E-state index in [2.05, 4.69) is 29.5 Å². The van der Waals surface area contributed by atoms with Crippen LogP contribution < -0.4 is 16.0 Å². The molecule has 0 saturated carbocycles. The number of rotatable bonds is 8. The van der Waals surface area contributed by atoms with Gasteiger partial charge in [0, 0.05) is 55.9 Å². The molecule has 2 aromatic carbocycles. The Balaban J connectivity index is 1.04. The van der Waals surface area contributed by atoms with E-state index in [0.717, 1.165) is 47.9 Å². The number of piperazine rings is 1. The largest absolute Gasteiger partial charge is 0.445 e. The van der Waals surface area contributed by atoms with Gasteiger partial charge in [0.05, 0.1) is 42.7 Å². The van der Waals surface area contributed by atoms with Gasteiger partial charge in [-0.15, -0.1) is 0 Å². The highest BCUT2D eigenvalue weighted by Gasteiger charge is 2.23. The molecule has 4 aromatic rings. The van der Waals surface area contributed by atoms with Gasteiger partial charge in [-0.2, -0.15) is 0 Å². The first-order chi connectivity index (χ1) is 22.0. The highest BCUT2D eigenvalue weighted by atomic mass is 32.2. The van der Waals surface area contributed by atoms with E-state index in [0.29, 0.717) is 37.7 Å². The van der Waals surface area contributed by atoms with E-state index in [-0.39, 0.29) is 24.2 Å². The smallest absolute Gasteiger partial charge is 0.410 e. The fourth-order valence-corrected chi connectivity index (χ4v) is 5.96. The Hall–Kier alpha value is -4.72. The van der Waals surface area contributed by atoms with E-state index < -0.39 is 5.91 Å². The van der Waals surface area contributed by atoms with Crippen LogP contribution in [0.1, 0.15) is 16.1 Å². The number of ether oxygens (including phenoxy) is 2. The van der Waals surface area contributed by atoms with Crippen LogP contribution in [0.4, 0.5) is 22.0 Å². The van der Waals surface area contributed by atoms with Gasteiger partial charge < -0.3 is 30.3 Å². The topological polar surface area (TPSA) is 139 Å². The van der Waals surface area contributed by atoms with E-state index in [1.807, 2.05) is 60.7 Å². The average Bonchev–Trinajstić information content (AvgIpc) is 3.09. The number of nitrogen functional groups attached to an aromatic ring is 1. The SMILES string of the molecule is Nc1ncc(-c2ccc(SN3CCN(C(=O)OCc4ccccc4)CC3)cc2)nc1C(=O)Nc1cnccc1N1CCOCC1. The number of aromatic nitrogens is 3. The number of pyridine rings is 1. The lowest BCUT2D eigenvalue weighted by Crippen LogP contribution is -2.46. The Morgan fingerprint density at radius 2 is 1.69 bits per heavy atom. The van der Waals surface area contributed by atoms with Crippen molar-refractivity contribution >= 4 is 41.1 Å². The zero-order valence-electron chi connectivity index (χ0n) is 24.7. The summed E-state index contributed by atoms with van der Waals surface area (Å²) in [6.45, 7) is 5.59. The summed E-state index contributed by atoms with van der Waals surface area (Å²) in [5.74, 6) is -0.414. The van der Waals surface area contributed by atoms with Gasteiger partial charge in [-0.1, -0.05) is 42.5 Å². The van der Waals surface area contributed by atoms with Crippen LogP contribution in [0.2, 0.25) is 0 Å². The van der Waals surface area contributed by atoms with Crippen molar-refractivity contribution in [1.29, 1.82) is 0 Å². The van der Waals surface area contributed by atoms with Crippen LogP contribution in [0.15, 0.2) is 84.1 Å². The number of hydrogen-bond acceptors (Lipinski definition) is 11. The van der Waals surface area contributed by atoms with Crippen molar-refractivity contribution in [2.24, 2.45) is 0 Å². The highest BCUT2D eigenvalue weighted by molar-refractivity contribution is 7.97. The van der Waals surface area contributed by atoms with E-state index in [1.54, 1.807) is 35.4 Å². The summed E-state index contributed by atoms with van der Waals surface area (Å²) in [5, 5.41) is 2.92. The molecule has 2 amide bonds. The first-order valence-electron chi connectivity index (χ1n) is 14.7. The van der Waals surface area contributed by atoms with Crippen molar-refractivity contribution in [3.05, 3.63) is 90.5 Å². The molecule has 2 aliphatic rings. The summed E-state index contributed by atoms with van der Waals surface area (Å²) in [6, 6.07) is 19.4. The fourth-order valence-electron chi connectivity index (χ4n) is 5.06. The molecule has 0 bridgehead atoms. The molecule has 2 aromatic heterocycles. The summed E-state index contributed by atoms with van der Waals surface area (Å²) in [5.41, 5.74) is 9.87. The zero-order valence-corrected chi connectivity index (χ0v) is 25.5. The molecule has 0 unspecified atom stereocenters. The third-order valence-corrected chi connectivity index (χ3v) is 8.61. The van der Waals surface area contributed by atoms with Crippen molar-refractivity contribution in [3.8, 4) is 11.3 Å². The summed E-state index contributed by atoms with van der Waals surface area (Å²) >= 11 is 1.63. The summed E-state index contributed by atoms with van der Waals surface area (Å²) in [7, 11) is 0. The first kappa shape index (κ1) is 30.3. The van der Waals surface area contributed by atoms with Gasteiger partial charge in [0.1, 0.15) is 6.61 Å². The van der Waals surface area contributed by atoms with Crippen LogP contribution in [0.5, 0.6) is 0 Å². The number of amides is 2. The average molecular weight is 627 g/mol. The number of nitrogens with two attached hydrogens (primary N) is 1. The highest BCUT2D eigenvalue weighted by Crippen LogP contribution is 2.29. The van der Waals surface area contributed by atoms with Crippen molar-refractivity contribution in [2.45, 2.75) is 11.5 Å². The predicted molar refractivity (Wildman–Crippen MR) is 173 cm³/mol. The van der Waals surface area contributed by atoms with Crippen LogP contribution in [-0.4, -0.2) is 88.6 Å². The van der Waals surface area contributed by atoms with Crippen molar-refractivity contribution in [1.82, 2.24) is 24.2 Å². The maximum Gasteiger partial charge on any atom is 0.410 e. The van der Waals surface area contributed by atoms with E-state index in [4.69, 9.17) is 15.2 Å². The number of carbonyl (C=O) groups excluding carboxylic acids is 2. The lowest BCUT2D eigenvalue weighted by Gasteiger charge is -2.33. The molecule has 6 rings (SSSR count). The lowest BCUT2D eigenvalue weighted by molar-refractivity contribution is 0.0850. The van der Waals surface area contributed by atoms with Gasteiger partial charge in [-0.05, 0) is 35.7 Å². The van der Waals surface area contributed by atoms with Crippen LogP contribution in [0.3, 0.4) is 0 Å². The van der Waals surface area contributed by atoms with Crippen LogP contribution >= 0.6 is 11.9 Å². The Morgan fingerprint density at radius 1 is 0.933 bits per heavy atom. The monoisotopic (exact) mass is 626 g/mol. The minimum Gasteiger partial charge on any atom is -0.445 e. The molecule has 0 radical (unpaired) electrons. The molecule has 0 spiro atoms. The maximum absolute atomic E-state index is 13.3. The van der Waals surface area contributed by atoms with Gasteiger partial charge in [-0.25, -0.2) is 19.1 Å². The Morgan fingerprint density at radius 3 is 2.44 bits per heavy atom. The van der Waals surface area contributed by atoms with E-state index >= 15 is 0 Å². The molecule has 0 atom stereocenters. The Kier molecular flexibility index (Phi) is 9.68. The van der Waals surface area contributed by atoms with Crippen LogP contribution in [-0.2, 0) is 16.1 Å². The second kappa shape index (κ2) is 14.4. The Bertz CT molecular complexity index is 1610. The number of nitrogens with zero attached hydrogens (tertiary/aromatic N) is 6. The maximum atomic E-state index is 13.3. The number of morpholine rings is 1. The molecule has 2 fully saturated rings. The first-order valence-corrected chi connectivity index (χ1v) is 15.5. The molecule has 232 valence electrons. The quantitative estimate of drug-likeness (QED) is 0.273. The molecule has 4 heterocycles. The third kappa shape index (κ3) is 7.69. The van der Waals surface area contributed by atoms with E-state index in [9.17, 15) is 9.59 Å². The minimum atomic E-state index is -0.459. The fraction of sp³-hybridized carbons (Fsp3) is 0.281. The van der Waals surface area contributed by atoms with Crippen molar-refractivity contribution in [3.63, 3.8) is 0 Å².